The van der Waals surface area contributed by atoms with Gasteiger partial charge in [0.1, 0.15) is 0 Å². The van der Waals surface area contributed by atoms with Crippen LogP contribution in [-0.2, 0) is 12.3 Å². The van der Waals surface area contributed by atoms with Crippen LogP contribution in [0.5, 0.6) is 5.75 Å². The van der Waals surface area contributed by atoms with E-state index in [0.717, 1.165) is 12.0 Å². The largest absolute Gasteiger partial charge is 0.490 e. The fourth-order valence-electron chi connectivity index (χ4n) is 1.46. The van der Waals surface area contributed by atoms with Crippen molar-refractivity contribution in [2.75, 3.05) is 6.61 Å². The van der Waals surface area contributed by atoms with Gasteiger partial charge in [-0.25, -0.2) is 4.39 Å². The maximum atomic E-state index is 13.5. The average Bonchev–Trinajstić information content (AvgIpc) is 2.84. The summed E-state index contributed by atoms with van der Waals surface area (Å²) < 4.78 is 18.9. The molecule has 0 aliphatic carbocycles. The lowest BCUT2D eigenvalue weighted by Gasteiger charge is -2.07. The van der Waals surface area contributed by atoms with E-state index in [0.29, 0.717) is 12.5 Å². The van der Waals surface area contributed by atoms with Crippen LogP contribution in [0.15, 0.2) is 35.7 Å². The SMILES string of the molecule is Fc1cc(CCl)ccc1OCCc1cccs1. The van der Waals surface area contributed by atoms with Crippen molar-refractivity contribution in [3.8, 4) is 5.75 Å². The molecule has 1 aromatic carbocycles. The second-order valence-electron chi connectivity index (χ2n) is 3.58. The summed E-state index contributed by atoms with van der Waals surface area (Å²) in [6, 6.07) is 8.85. The highest BCUT2D eigenvalue weighted by molar-refractivity contribution is 7.09. The van der Waals surface area contributed by atoms with E-state index >= 15 is 0 Å². The van der Waals surface area contributed by atoms with Crippen molar-refractivity contribution in [2.45, 2.75) is 12.3 Å². The van der Waals surface area contributed by atoms with Crippen LogP contribution >= 0.6 is 22.9 Å². The molecule has 0 saturated heterocycles. The van der Waals surface area contributed by atoms with E-state index in [1.807, 2.05) is 17.5 Å². The fourth-order valence-corrected chi connectivity index (χ4v) is 2.32. The van der Waals surface area contributed by atoms with Crippen molar-refractivity contribution >= 4 is 22.9 Å². The number of thiophene rings is 1. The summed E-state index contributed by atoms with van der Waals surface area (Å²) in [4.78, 5) is 1.24. The molecule has 90 valence electrons. The van der Waals surface area contributed by atoms with Crippen LogP contribution in [0, 0.1) is 5.82 Å². The Morgan fingerprint density at radius 2 is 2.18 bits per heavy atom. The van der Waals surface area contributed by atoms with Crippen LogP contribution in [0.4, 0.5) is 4.39 Å². The van der Waals surface area contributed by atoms with Crippen LogP contribution in [0.25, 0.3) is 0 Å². The molecule has 0 bridgehead atoms. The van der Waals surface area contributed by atoms with Gasteiger partial charge in [-0.05, 0) is 29.1 Å². The van der Waals surface area contributed by atoms with Crippen molar-refractivity contribution in [3.05, 3.63) is 52.0 Å². The van der Waals surface area contributed by atoms with Crippen molar-refractivity contribution in [1.82, 2.24) is 0 Å². The van der Waals surface area contributed by atoms with Crippen molar-refractivity contribution in [1.29, 1.82) is 0 Å². The van der Waals surface area contributed by atoms with Crippen LogP contribution in [0.3, 0.4) is 0 Å². The Morgan fingerprint density at radius 1 is 1.29 bits per heavy atom. The number of benzene rings is 1. The monoisotopic (exact) mass is 270 g/mol. The lowest BCUT2D eigenvalue weighted by Crippen LogP contribution is -2.01. The van der Waals surface area contributed by atoms with Gasteiger partial charge in [-0.3, -0.25) is 0 Å². The van der Waals surface area contributed by atoms with Gasteiger partial charge < -0.3 is 4.74 Å². The van der Waals surface area contributed by atoms with Crippen molar-refractivity contribution in [2.24, 2.45) is 0 Å². The van der Waals surface area contributed by atoms with Gasteiger partial charge in [-0.15, -0.1) is 22.9 Å². The Hall–Kier alpha value is -1.06. The zero-order chi connectivity index (χ0) is 12.1. The molecule has 17 heavy (non-hydrogen) atoms. The molecule has 4 heteroatoms. The van der Waals surface area contributed by atoms with Gasteiger partial charge in [0.05, 0.1) is 6.61 Å². The van der Waals surface area contributed by atoms with Crippen LogP contribution in [0.1, 0.15) is 10.4 Å². The topological polar surface area (TPSA) is 9.23 Å². The molecule has 0 aliphatic heterocycles. The molecule has 0 unspecified atom stereocenters. The maximum Gasteiger partial charge on any atom is 0.165 e. The summed E-state index contributed by atoms with van der Waals surface area (Å²) in [5.74, 6) is 0.247. The second kappa shape index (κ2) is 6.03. The zero-order valence-electron chi connectivity index (χ0n) is 9.16. The third-order valence-electron chi connectivity index (χ3n) is 2.34. The summed E-state index contributed by atoms with van der Waals surface area (Å²) in [6.45, 7) is 0.484. The molecule has 0 spiro atoms. The van der Waals surface area contributed by atoms with Gasteiger partial charge in [0, 0.05) is 17.2 Å². The molecular weight excluding hydrogens is 259 g/mol. The van der Waals surface area contributed by atoms with Crippen molar-refractivity contribution in [3.63, 3.8) is 0 Å². The summed E-state index contributed by atoms with van der Waals surface area (Å²) in [5.41, 5.74) is 0.759. The average molecular weight is 271 g/mol. The summed E-state index contributed by atoms with van der Waals surface area (Å²) in [5, 5.41) is 2.02. The second-order valence-corrected chi connectivity index (χ2v) is 4.88. The van der Waals surface area contributed by atoms with Gasteiger partial charge in [-0.2, -0.15) is 0 Å². The van der Waals surface area contributed by atoms with E-state index in [2.05, 4.69) is 0 Å². The third-order valence-corrected chi connectivity index (χ3v) is 3.58. The predicted octanol–water partition coefficient (Wildman–Crippen LogP) is 4.25. The Balaban J connectivity index is 1.90. The molecule has 2 aromatic rings. The zero-order valence-corrected chi connectivity index (χ0v) is 10.7. The molecule has 0 saturated carbocycles. The quantitative estimate of drug-likeness (QED) is 0.738. The number of hydrogen-bond donors (Lipinski definition) is 0. The van der Waals surface area contributed by atoms with Crippen molar-refractivity contribution < 1.29 is 9.13 Å². The first-order valence-electron chi connectivity index (χ1n) is 5.29. The van der Waals surface area contributed by atoms with Crippen LogP contribution < -0.4 is 4.74 Å². The van der Waals surface area contributed by atoms with Crippen LogP contribution in [0.2, 0.25) is 0 Å². The number of ether oxygens (including phenoxy) is 1. The predicted molar refractivity (Wildman–Crippen MR) is 69.5 cm³/mol. The molecule has 0 aliphatic rings. The normalized spacial score (nSPS) is 10.5. The molecule has 0 atom stereocenters. The minimum atomic E-state index is -0.352. The lowest BCUT2D eigenvalue weighted by molar-refractivity contribution is 0.306. The minimum Gasteiger partial charge on any atom is -0.490 e. The number of alkyl halides is 1. The number of rotatable bonds is 5. The lowest BCUT2D eigenvalue weighted by atomic mass is 10.2. The smallest absolute Gasteiger partial charge is 0.165 e. The molecule has 0 radical (unpaired) electrons. The molecule has 1 nitrogen and oxygen atoms in total. The Kier molecular flexibility index (Phi) is 4.40. The highest BCUT2D eigenvalue weighted by Crippen LogP contribution is 2.20. The van der Waals surface area contributed by atoms with E-state index in [9.17, 15) is 4.39 Å². The molecule has 2 rings (SSSR count). The van der Waals surface area contributed by atoms with Gasteiger partial charge in [0.15, 0.2) is 11.6 Å². The first-order chi connectivity index (χ1) is 8.29. The maximum absolute atomic E-state index is 13.5. The van der Waals surface area contributed by atoms with Gasteiger partial charge in [0.2, 0.25) is 0 Å². The van der Waals surface area contributed by atoms with E-state index in [1.165, 1.54) is 10.9 Å². The van der Waals surface area contributed by atoms with Gasteiger partial charge in [0.25, 0.3) is 0 Å². The van der Waals surface area contributed by atoms with Crippen LogP contribution in [-0.4, -0.2) is 6.61 Å². The first-order valence-corrected chi connectivity index (χ1v) is 6.70. The molecule has 0 N–H and O–H groups in total. The van der Waals surface area contributed by atoms with E-state index in [4.69, 9.17) is 16.3 Å². The molecule has 0 amide bonds. The van der Waals surface area contributed by atoms with E-state index < -0.39 is 0 Å². The Bertz CT molecular complexity index is 470. The summed E-state index contributed by atoms with van der Waals surface area (Å²) in [6.07, 6.45) is 0.800. The molecular formula is C13H12ClFOS. The van der Waals surface area contributed by atoms with Gasteiger partial charge >= 0.3 is 0 Å². The highest BCUT2D eigenvalue weighted by Gasteiger charge is 2.04. The minimum absolute atomic E-state index is 0.287. The molecule has 1 heterocycles. The third kappa shape index (κ3) is 3.45. The Morgan fingerprint density at radius 3 is 2.82 bits per heavy atom. The van der Waals surface area contributed by atoms with E-state index in [-0.39, 0.29) is 11.6 Å². The Labute approximate surface area is 109 Å². The number of hydrogen-bond acceptors (Lipinski definition) is 2. The van der Waals surface area contributed by atoms with Gasteiger partial charge in [-0.1, -0.05) is 12.1 Å². The first kappa shape index (κ1) is 12.4. The molecule has 1 aromatic heterocycles. The highest BCUT2D eigenvalue weighted by atomic mass is 35.5. The van der Waals surface area contributed by atoms with E-state index in [1.54, 1.807) is 23.5 Å². The number of halogens is 2. The summed E-state index contributed by atoms with van der Waals surface area (Å²) in [7, 11) is 0. The standard InChI is InChI=1S/C13H12ClFOS/c14-9-10-3-4-13(12(15)8-10)16-6-5-11-2-1-7-17-11/h1-4,7-8H,5-6,9H2. The fraction of sp³-hybridized carbons (Fsp3) is 0.231. The summed E-state index contributed by atoms with van der Waals surface area (Å²) >= 11 is 7.29. The molecule has 0 fully saturated rings.